The van der Waals surface area contributed by atoms with Crippen molar-refractivity contribution in [2.45, 2.75) is 46.1 Å². The standard InChI is InChI=1S/C16H26N2O/c1-4-19-16-14(8-7-10-17-16)15-9-5-6-11-18(15)12-13(2)3/h7-8,10,13,15H,4-6,9,11-12H2,1-3H3/t15-/m0/s1. The molecule has 0 aliphatic carbocycles. The summed E-state index contributed by atoms with van der Waals surface area (Å²) in [6.45, 7) is 9.64. The molecule has 0 radical (unpaired) electrons. The average molecular weight is 262 g/mol. The zero-order valence-electron chi connectivity index (χ0n) is 12.4. The molecule has 3 heteroatoms. The number of rotatable bonds is 5. The average Bonchev–Trinajstić information content (AvgIpc) is 2.40. The van der Waals surface area contributed by atoms with E-state index >= 15 is 0 Å². The Morgan fingerprint density at radius 1 is 1.42 bits per heavy atom. The first-order valence-electron chi connectivity index (χ1n) is 7.54. The molecule has 0 spiro atoms. The van der Waals surface area contributed by atoms with Crippen molar-refractivity contribution in [1.82, 2.24) is 9.88 Å². The maximum absolute atomic E-state index is 5.71. The van der Waals surface area contributed by atoms with Crippen molar-refractivity contribution in [3.63, 3.8) is 0 Å². The first-order chi connectivity index (χ1) is 9.22. The van der Waals surface area contributed by atoms with Crippen molar-refractivity contribution in [3.05, 3.63) is 23.9 Å². The van der Waals surface area contributed by atoms with Crippen LogP contribution in [0.5, 0.6) is 5.88 Å². The van der Waals surface area contributed by atoms with Crippen molar-refractivity contribution in [1.29, 1.82) is 0 Å². The Kier molecular flexibility index (Phi) is 5.20. The Morgan fingerprint density at radius 2 is 2.26 bits per heavy atom. The van der Waals surface area contributed by atoms with Crippen LogP contribution in [0.4, 0.5) is 0 Å². The van der Waals surface area contributed by atoms with Crippen LogP contribution in [0.1, 0.15) is 51.6 Å². The van der Waals surface area contributed by atoms with E-state index < -0.39 is 0 Å². The number of hydrogen-bond acceptors (Lipinski definition) is 3. The van der Waals surface area contributed by atoms with Gasteiger partial charge < -0.3 is 4.74 Å². The summed E-state index contributed by atoms with van der Waals surface area (Å²) in [6, 6.07) is 4.69. The van der Waals surface area contributed by atoms with E-state index in [1.165, 1.54) is 31.4 Å². The minimum atomic E-state index is 0.478. The van der Waals surface area contributed by atoms with Gasteiger partial charge in [-0.25, -0.2) is 4.98 Å². The van der Waals surface area contributed by atoms with Gasteiger partial charge in [0.1, 0.15) is 0 Å². The fourth-order valence-electron chi connectivity index (χ4n) is 2.94. The van der Waals surface area contributed by atoms with Gasteiger partial charge in [-0.1, -0.05) is 26.3 Å². The minimum absolute atomic E-state index is 0.478. The zero-order chi connectivity index (χ0) is 13.7. The van der Waals surface area contributed by atoms with E-state index in [4.69, 9.17) is 4.74 Å². The Morgan fingerprint density at radius 3 is 3.00 bits per heavy atom. The molecule has 0 saturated carbocycles. The molecule has 2 rings (SSSR count). The molecule has 3 nitrogen and oxygen atoms in total. The molecule has 1 aromatic rings. The molecular weight excluding hydrogens is 236 g/mol. The van der Waals surface area contributed by atoms with Crippen LogP contribution in [0, 0.1) is 5.92 Å². The minimum Gasteiger partial charge on any atom is -0.478 e. The summed E-state index contributed by atoms with van der Waals surface area (Å²) >= 11 is 0. The number of aromatic nitrogens is 1. The van der Waals surface area contributed by atoms with Crippen molar-refractivity contribution < 1.29 is 4.74 Å². The molecule has 1 fully saturated rings. The SMILES string of the molecule is CCOc1ncccc1[C@@H]1CCCCN1CC(C)C. The highest BCUT2D eigenvalue weighted by Gasteiger charge is 2.27. The van der Waals surface area contributed by atoms with Gasteiger partial charge in [0.15, 0.2) is 0 Å². The summed E-state index contributed by atoms with van der Waals surface area (Å²) in [5.41, 5.74) is 1.27. The molecule has 106 valence electrons. The summed E-state index contributed by atoms with van der Waals surface area (Å²) in [4.78, 5) is 7.01. The molecule has 2 heterocycles. The lowest BCUT2D eigenvalue weighted by atomic mass is 9.95. The van der Waals surface area contributed by atoms with Crippen LogP contribution in [0.3, 0.4) is 0 Å². The zero-order valence-corrected chi connectivity index (χ0v) is 12.4. The molecule has 1 atom stereocenters. The predicted molar refractivity (Wildman–Crippen MR) is 78.4 cm³/mol. The van der Waals surface area contributed by atoms with E-state index in [-0.39, 0.29) is 0 Å². The highest BCUT2D eigenvalue weighted by Crippen LogP contribution is 2.35. The van der Waals surface area contributed by atoms with Gasteiger partial charge in [-0.2, -0.15) is 0 Å². The van der Waals surface area contributed by atoms with Crippen molar-refractivity contribution in [2.24, 2.45) is 5.92 Å². The third-order valence-corrected chi connectivity index (χ3v) is 3.65. The summed E-state index contributed by atoms with van der Waals surface area (Å²) < 4.78 is 5.71. The van der Waals surface area contributed by atoms with Gasteiger partial charge >= 0.3 is 0 Å². The highest BCUT2D eigenvalue weighted by atomic mass is 16.5. The summed E-state index contributed by atoms with van der Waals surface area (Å²) in [5, 5.41) is 0. The lowest BCUT2D eigenvalue weighted by molar-refractivity contribution is 0.128. The second-order valence-electron chi connectivity index (χ2n) is 5.73. The molecule has 1 aliphatic heterocycles. The van der Waals surface area contributed by atoms with E-state index in [9.17, 15) is 0 Å². The van der Waals surface area contributed by atoms with Crippen LogP contribution in [0.25, 0.3) is 0 Å². The monoisotopic (exact) mass is 262 g/mol. The Bertz CT molecular complexity index is 392. The van der Waals surface area contributed by atoms with Gasteiger partial charge in [-0.15, -0.1) is 0 Å². The molecule has 0 N–H and O–H groups in total. The third kappa shape index (κ3) is 3.69. The quantitative estimate of drug-likeness (QED) is 0.809. The predicted octanol–water partition coefficient (Wildman–Crippen LogP) is 3.66. The Hall–Kier alpha value is -1.09. The smallest absolute Gasteiger partial charge is 0.218 e. The first kappa shape index (κ1) is 14.3. The summed E-state index contributed by atoms with van der Waals surface area (Å²) in [7, 11) is 0. The van der Waals surface area contributed by atoms with Crippen LogP contribution in [0.15, 0.2) is 18.3 Å². The highest BCUT2D eigenvalue weighted by molar-refractivity contribution is 5.29. The molecule has 1 aliphatic rings. The molecule has 19 heavy (non-hydrogen) atoms. The van der Waals surface area contributed by atoms with Gasteiger partial charge in [0.25, 0.3) is 0 Å². The van der Waals surface area contributed by atoms with Crippen LogP contribution < -0.4 is 4.74 Å². The molecule has 0 amide bonds. The van der Waals surface area contributed by atoms with Gasteiger partial charge in [0.2, 0.25) is 5.88 Å². The fourth-order valence-corrected chi connectivity index (χ4v) is 2.94. The normalized spacial score (nSPS) is 20.7. The largest absolute Gasteiger partial charge is 0.478 e. The van der Waals surface area contributed by atoms with Crippen LogP contribution in [-0.4, -0.2) is 29.6 Å². The van der Waals surface area contributed by atoms with Crippen molar-refractivity contribution in [3.8, 4) is 5.88 Å². The summed E-state index contributed by atoms with van der Waals surface area (Å²) in [5.74, 6) is 1.53. The molecule has 0 unspecified atom stereocenters. The van der Waals surface area contributed by atoms with Gasteiger partial charge in [-0.05, 0) is 38.3 Å². The third-order valence-electron chi connectivity index (χ3n) is 3.65. The van der Waals surface area contributed by atoms with Crippen LogP contribution in [0.2, 0.25) is 0 Å². The number of nitrogens with zero attached hydrogens (tertiary/aromatic N) is 2. The summed E-state index contributed by atoms with van der Waals surface area (Å²) in [6.07, 6.45) is 5.66. The van der Waals surface area contributed by atoms with E-state index in [1.807, 2.05) is 19.2 Å². The second kappa shape index (κ2) is 6.90. The number of pyridine rings is 1. The van der Waals surface area contributed by atoms with E-state index in [1.54, 1.807) is 0 Å². The number of likely N-dealkylation sites (tertiary alicyclic amines) is 1. The molecule has 0 aromatic carbocycles. The van der Waals surface area contributed by atoms with Crippen LogP contribution >= 0.6 is 0 Å². The molecular formula is C16H26N2O. The Labute approximate surface area is 117 Å². The molecule has 1 aromatic heterocycles. The van der Waals surface area contributed by atoms with Gasteiger partial charge in [-0.3, -0.25) is 4.90 Å². The first-order valence-corrected chi connectivity index (χ1v) is 7.54. The van der Waals surface area contributed by atoms with E-state index in [2.05, 4.69) is 29.8 Å². The number of hydrogen-bond donors (Lipinski definition) is 0. The maximum atomic E-state index is 5.71. The Balaban J connectivity index is 2.21. The number of ether oxygens (including phenoxy) is 1. The maximum Gasteiger partial charge on any atom is 0.218 e. The fraction of sp³-hybridized carbons (Fsp3) is 0.688. The van der Waals surface area contributed by atoms with Gasteiger partial charge in [0.05, 0.1) is 6.61 Å². The molecule has 1 saturated heterocycles. The van der Waals surface area contributed by atoms with Gasteiger partial charge in [0, 0.05) is 24.3 Å². The lowest BCUT2D eigenvalue weighted by Gasteiger charge is -2.37. The van der Waals surface area contributed by atoms with Crippen LogP contribution in [-0.2, 0) is 0 Å². The van der Waals surface area contributed by atoms with Crippen molar-refractivity contribution >= 4 is 0 Å². The van der Waals surface area contributed by atoms with E-state index in [0.29, 0.717) is 18.6 Å². The van der Waals surface area contributed by atoms with E-state index in [0.717, 1.165) is 12.4 Å². The lowest BCUT2D eigenvalue weighted by Crippen LogP contribution is -2.36. The second-order valence-corrected chi connectivity index (χ2v) is 5.73. The topological polar surface area (TPSA) is 25.4 Å². The van der Waals surface area contributed by atoms with Crippen molar-refractivity contribution in [2.75, 3.05) is 19.7 Å². The molecule has 0 bridgehead atoms. The number of piperidine rings is 1.